The van der Waals surface area contributed by atoms with Crippen molar-refractivity contribution in [2.24, 2.45) is 7.05 Å². The Kier molecular flexibility index (Phi) is 6.32. The summed E-state index contributed by atoms with van der Waals surface area (Å²) in [5.41, 5.74) is 0.334. The molecule has 212 valence electrons. The Hall–Kier alpha value is -4.01. The number of carbonyl (C=O) groups is 2. The van der Waals surface area contributed by atoms with Crippen LogP contribution in [0.5, 0.6) is 0 Å². The molecule has 0 bridgehead atoms. The molecule has 9 nitrogen and oxygen atoms in total. The number of carbonyl (C=O) groups excluding carboxylic acids is 2. The lowest BCUT2D eigenvalue weighted by Crippen LogP contribution is -2.31. The Morgan fingerprint density at radius 3 is 2.56 bits per heavy atom. The molecule has 0 spiro atoms. The van der Waals surface area contributed by atoms with Crippen LogP contribution in [0.15, 0.2) is 47.4 Å². The standard InChI is InChI=1S/C26H18ClF4N5O4S/c1-36-17(9-19(30)31)14-8-16(32-26(38)24-12-4-2-11(29)7-18(12)41(39,40)35-24)20-21(23(14)34-36)25(37)33-22(20)13-6-10(28)3-5-15(13)27/h2-8,19,22,24,35H,9H2,1H3,(H,32,38)(H,33,37). The minimum Gasteiger partial charge on any atom is -0.341 e. The van der Waals surface area contributed by atoms with Crippen molar-refractivity contribution in [2.45, 2.75) is 29.8 Å². The van der Waals surface area contributed by atoms with E-state index in [-0.39, 0.29) is 49.6 Å². The van der Waals surface area contributed by atoms with Crippen molar-refractivity contribution in [3.8, 4) is 0 Å². The van der Waals surface area contributed by atoms with Crippen LogP contribution in [0.4, 0.5) is 23.2 Å². The minimum absolute atomic E-state index is 0.0136. The number of aryl methyl sites for hydroxylation is 1. The van der Waals surface area contributed by atoms with Crippen LogP contribution in [0.1, 0.15) is 44.8 Å². The second-order valence-electron chi connectivity index (χ2n) is 9.57. The van der Waals surface area contributed by atoms with E-state index in [1.807, 2.05) is 0 Å². The van der Waals surface area contributed by atoms with Crippen LogP contribution in [0.3, 0.4) is 0 Å². The fourth-order valence-corrected chi connectivity index (χ4v) is 6.98. The van der Waals surface area contributed by atoms with Crippen LogP contribution in [0, 0.1) is 11.6 Å². The van der Waals surface area contributed by atoms with Gasteiger partial charge in [0.1, 0.15) is 23.2 Å². The van der Waals surface area contributed by atoms with Crippen LogP contribution in [-0.4, -0.2) is 36.4 Å². The zero-order valence-corrected chi connectivity index (χ0v) is 22.4. The molecule has 2 aliphatic heterocycles. The van der Waals surface area contributed by atoms with E-state index in [0.717, 1.165) is 30.3 Å². The summed E-state index contributed by atoms with van der Waals surface area (Å²) in [6, 6.07) is 5.26. The zero-order valence-electron chi connectivity index (χ0n) is 20.8. The number of alkyl halides is 2. The van der Waals surface area contributed by atoms with Gasteiger partial charge in [-0.1, -0.05) is 17.7 Å². The summed E-state index contributed by atoms with van der Waals surface area (Å²) in [6.45, 7) is 0. The molecular weight excluding hydrogens is 590 g/mol. The van der Waals surface area contributed by atoms with Gasteiger partial charge in [0, 0.05) is 34.3 Å². The predicted octanol–water partition coefficient (Wildman–Crippen LogP) is 4.12. The van der Waals surface area contributed by atoms with Gasteiger partial charge in [-0.3, -0.25) is 14.3 Å². The second-order valence-corrected chi connectivity index (χ2v) is 11.7. The third-order valence-corrected chi connectivity index (χ3v) is 8.89. The smallest absolute Gasteiger partial charge is 0.254 e. The number of hydrogen-bond acceptors (Lipinski definition) is 5. The minimum atomic E-state index is -4.22. The maximum atomic E-state index is 14.2. The monoisotopic (exact) mass is 607 g/mol. The molecule has 2 atom stereocenters. The molecule has 0 radical (unpaired) electrons. The van der Waals surface area contributed by atoms with E-state index in [1.165, 1.54) is 23.9 Å². The maximum absolute atomic E-state index is 14.2. The number of aromatic nitrogens is 2. The Bertz CT molecular complexity index is 1910. The van der Waals surface area contributed by atoms with Gasteiger partial charge in [0.15, 0.2) is 0 Å². The molecule has 0 fully saturated rings. The Labute approximate surface area is 234 Å². The molecule has 3 N–H and O–H groups in total. The summed E-state index contributed by atoms with van der Waals surface area (Å²) in [5.74, 6) is -3.04. The van der Waals surface area contributed by atoms with E-state index < -0.39 is 63.3 Å². The van der Waals surface area contributed by atoms with E-state index in [9.17, 15) is 35.6 Å². The molecule has 3 heterocycles. The third kappa shape index (κ3) is 4.42. The molecule has 15 heteroatoms. The Morgan fingerprint density at radius 2 is 1.83 bits per heavy atom. The molecule has 0 saturated carbocycles. The summed E-state index contributed by atoms with van der Waals surface area (Å²) in [4.78, 5) is 26.4. The first kappa shape index (κ1) is 27.2. The average molecular weight is 608 g/mol. The van der Waals surface area contributed by atoms with Gasteiger partial charge >= 0.3 is 0 Å². The first-order chi connectivity index (χ1) is 19.4. The number of amides is 2. The Balaban J connectivity index is 1.54. The number of nitrogens with one attached hydrogen (secondary N) is 3. The molecule has 1 aromatic heterocycles. The van der Waals surface area contributed by atoms with Gasteiger partial charge in [0.2, 0.25) is 22.4 Å². The quantitative estimate of drug-likeness (QED) is 0.295. The fraction of sp³-hybridized carbons (Fsp3) is 0.192. The molecule has 41 heavy (non-hydrogen) atoms. The SMILES string of the molecule is Cn1nc2c3c(c(NC(=O)C4NS(=O)(=O)c5cc(F)ccc54)cc2c1CC(F)F)C(c1cc(F)ccc1Cl)NC3=O. The van der Waals surface area contributed by atoms with Gasteiger partial charge in [-0.15, -0.1) is 0 Å². The molecule has 4 aromatic rings. The normalized spacial score (nSPS) is 19.0. The van der Waals surface area contributed by atoms with Crippen molar-refractivity contribution < 1.29 is 35.6 Å². The van der Waals surface area contributed by atoms with Gasteiger partial charge < -0.3 is 10.6 Å². The van der Waals surface area contributed by atoms with Crippen LogP contribution in [0.25, 0.3) is 10.9 Å². The van der Waals surface area contributed by atoms with Crippen molar-refractivity contribution in [1.29, 1.82) is 0 Å². The van der Waals surface area contributed by atoms with Crippen molar-refractivity contribution in [3.05, 3.63) is 87.1 Å². The molecule has 0 saturated heterocycles. The number of anilines is 1. The van der Waals surface area contributed by atoms with Crippen LogP contribution in [-0.2, 0) is 28.3 Å². The predicted molar refractivity (Wildman–Crippen MR) is 139 cm³/mol. The molecule has 0 aliphatic carbocycles. The highest BCUT2D eigenvalue weighted by Crippen LogP contribution is 2.44. The first-order valence-electron chi connectivity index (χ1n) is 12.0. The highest BCUT2D eigenvalue weighted by atomic mass is 35.5. The van der Waals surface area contributed by atoms with Crippen molar-refractivity contribution >= 4 is 50.0 Å². The summed E-state index contributed by atoms with van der Waals surface area (Å²) in [7, 11) is -2.79. The van der Waals surface area contributed by atoms with Crippen molar-refractivity contribution in [1.82, 2.24) is 19.8 Å². The van der Waals surface area contributed by atoms with Gasteiger partial charge in [-0.25, -0.2) is 26.0 Å². The number of hydrogen-bond donors (Lipinski definition) is 3. The van der Waals surface area contributed by atoms with E-state index in [1.54, 1.807) is 0 Å². The van der Waals surface area contributed by atoms with Gasteiger partial charge in [0.25, 0.3) is 5.91 Å². The van der Waals surface area contributed by atoms with Crippen molar-refractivity contribution in [3.63, 3.8) is 0 Å². The van der Waals surface area contributed by atoms with Gasteiger partial charge in [-0.2, -0.15) is 9.82 Å². The number of fused-ring (bicyclic) bond motifs is 4. The van der Waals surface area contributed by atoms with E-state index in [0.29, 0.717) is 0 Å². The van der Waals surface area contributed by atoms with Gasteiger partial charge in [-0.05, 0) is 42.0 Å². The van der Waals surface area contributed by atoms with Crippen LogP contribution in [0.2, 0.25) is 5.02 Å². The second kappa shape index (κ2) is 9.53. The molecular formula is C26H18ClF4N5O4S. The van der Waals surface area contributed by atoms with Crippen LogP contribution >= 0.6 is 11.6 Å². The van der Waals surface area contributed by atoms with E-state index in [4.69, 9.17) is 11.6 Å². The summed E-state index contributed by atoms with van der Waals surface area (Å²) in [6.07, 6.45) is -3.46. The zero-order chi connectivity index (χ0) is 29.4. The lowest BCUT2D eigenvalue weighted by Gasteiger charge is -2.19. The molecule has 6 rings (SSSR count). The van der Waals surface area contributed by atoms with E-state index >= 15 is 0 Å². The highest BCUT2D eigenvalue weighted by molar-refractivity contribution is 7.89. The molecule has 2 amide bonds. The lowest BCUT2D eigenvalue weighted by molar-refractivity contribution is -0.117. The van der Waals surface area contributed by atoms with Gasteiger partial charge in [0.05, 0.1) is 28.6 Å². The third-order valence-electron chi connectivity index (χ3n) is 7.07. The molecule has 2 unspecified atom stereocenters. The number of benzene rings is 3. The first-order valence-corrected chi connectivity index (χ1v) is 13.9. The number of sulfonamides is 1. The largest absolute Gasteiger partial charge is 0.341 e. The topological polar surface area (TPSA) is 122 Å². The maximum Gasteiger partial charge on any atom is 0.254 e. The molecule has 2 aliphatic rings. The van der Waals surface area contributed by atoms with Crippen LogP contribution < -0.4 is 15.4 Å². The number of halogens is 5. The fourth-order valence-electron chi connectivity index (χ4n) is 5.32. The van der Waals surface area contributed by atoms with E-state index in [2.05, 4.69) is 20.5 Å². The summed E-state index contributed by atoms with van der Waals surface area (Å²) < 4.78 is 83.5. The summed E-state index contributed by atoms with van der Waals surface area (Å²) >= 11 is 6.34. The number of rotatable bonds is 5. The number of nitrogens with zero attached hydrogens (tertiary/aromatic N) is 2. The Morgan fingerprint density at radius 1 is 1.12 bits per heavy atom. The highest BCUT2D eigenvalue weighted by Gasteiger charge is 2.41. The molecule has 3 aromatic carbocycles. The van der Waals surface area contributed by atoms with Crippen molar-refractivity contribution in [2.75, 3.05) is 5.32 Å². The lowest BCUT2D eigenvalue weighted by atomic mass is 9.93. The average Bonchev–Trinajstić information content (AvgIpc) is 3.49. The summed E-state index contributed by atoms with van der Waals surface area (Å²) in [5, 5.41) is 9.83.